The zero-order chi connectivity index (χ0) is 24.1. The van der Waals surface area contributed by atoms with Crippen LogP contribution in [0.15, 0.2) is 85.1 Å². The first-order valence-electron chi connectivity index (χ1n) is 10.6. The summed E-state index contributed by atoms with van der Waals surface area (Å²) in [6, 6.07) is 21.8. The van der Waals surface area contributed by atoms with E-state index in [1.54, 1.807) is 6.08 Å². The molecule has 1 aliphatic rings. The molecule has 0 spiro atoms. The second-order valence-electron chi connectivity index (χ2n) is 7.65. The Labute approximate surface area is 228 Å². The Morgan fingerprint density at radius 2 is 1.56 bits per heavy atom. The fourth-order valence-corrected chi connectivity index (χ4v) is 6.05. The largest absolute Gasteiger partial charge is 0.487 e. The lowest BCUT2D eigenvalue weighted by Gasteiger charge is -2.12. The third-order valence-corrected chi connectivity index (χ3v) is 7.79. The van der Waals surface area contributed by atoms with E-state index in [0.717, 1.165) is 49.1 Å². The smallest absolute Gasteiger partial charge is 0.293 e. The number of ether oxygens (including phenoxy) is 1. The second kappa shape index (κ2) is 11.7. The van der Waals surface area contributed by atoms with Gasteiger partial charge in [0.25, 0.3) is 11.1 Å². The number of benzene rings is 3. The molecule has 0 saturated carbocycles. The van der Waals surface area contributed by atoms with Crippen LogP contribution < -0.4 is 4.74 Å². The van der Waals surface area contributed by atoms with Crippen LogP contribution in [0.3, 0.4) is 0 Å². The van der Waals surface area contributed by atoms with Crippen LogP contribution >= 0.6 is 59.6 Å². The van der Waals surface area contributed by atoms with Crippen molar-refractivity contribution >= 4 is 76.8 Å². The Morgan fingerprint density at radius 3 is 2.24 bits per heavy atom. The summed E-state index contributed by atoms with van der Waals surface area (Å²) >= 11 is 11.5. The van der Waals surface area contributed by atoms with Gasteiger partial charge in [-0.25, -0.2) is 0 Å². The molecule has 1 fully saturated rings. The summed E-state index contributed by atoms with van der Waals surface area (Å²) in [6.07, 6.45) is 3.30. The molecule has 8 heteroatoms. The van der Waals surface area contributed by atoms with Gasteiger partial charge in [-0.05, 0) is 103 Å². The van der Waals surface area contributed by atoms with Crippen LogP contribution in [0.25, 0.3) is 6.08 Å². The highest BCUT2D eigenvalue weighted by Crippen LogP contribution is 2.38. The second-order valence-corrected chi connectivity index (χ2v) is 11.3. The lowest BCUT2D eigenvalue weighted by molar-refractivity contribution is -0.122. The quantitative estimate of drug-likeness (QED) is 0.228. The van der Waals surface area contributed by atoms with Crippen molar-refractivity contribution in [2.75, 3.05) is 6.54 Å². The predicted octanol–water partition coefficient (Wildman–Crippen LogP) is 8.22. The molecule has 34 heavy (non-hydrogen) atoms. The molecule has 0 radical (unpaired) electrons. The van der Waals surface area contributed by atoms with Crippen LogP contribution in [0.4, 0.5) is 4.79 Å². The third-order valence-electron chi connectivity index (χ3n) is 5.18. The molecule has 3 aromatic rings. The highest BCUT2D eigenvalue weighted by Gasteiger charge is 2.34. The Hall–Kier alpha value is -1.87. The number of hydrogen-bond acceptors (Lipinski definition) is 4. The summed E-state index contributed by atoms with van der Waals surface area (Å²) in [5, 5.41) is -0.225. The van der Waals surface area contributed by atoms with E-state index in [9.17, 15) is 9.59 Å². The van der Waals surface area contributed by atoms with Crippen molar-refractivity contribution in [2.24, 2.45) is 0 Å². The topological polar surface area (TPSA) is 46.6 Å². The zero-order valence-electron chi connectivity index (χ0n) is 18.0. The van der Waals surface area contributed by atoms with Crippen molar-refractivity contribution < 1.29 is 14.3 Å². The van der Waals surface area contributed by atoms with Crippen molar-refractivity contribution in [1.29, 1.82) is 0 Å². The van der Waals surface area contributed by atoms with Crippen molar-refractivity contribution in [1.82, 2.24) is 4.90 Å². The van der Waals surface area contributed by atoms with Gasteiger partial charge in [0.2, 0.25) is 0 Å². The number of thioether (sulfide) groups is 1. The highest BCUT2D eigenvalue weighted by molar-refractivity contribution is 9.11. The molecule has 0 aromatic heterocycles. The van der Waals surface area contributed by atoms with Gasteiger partial charge in [-0.2, -0.15) is 0 Å². The molecule has 0 N–H and O–H groups in total. The van der Waals surface area contributed by atoms with Crippen LogP contribution in [0, 0.1) is 0 Å². The van der Waals surface area contributed by atoms with Crippen molar-refractivity contribution in [2.45, 2.75) is 19.4 Å². The van der Waals surface area contributed by atoms with Gasteiger partial charge in [-0.1, -0.05) is 58.4 Å². The van der Waals surface area contributed by atoms with Crippen LogP contribution in [-0.2, 0) is 17.8 Å². The molecule has 2 amide bonds. The lowest BCUT2D eigenvalue weighted by Crippen LogP contribution is -2.29. The molecule has 174 valence electrons. The lowest BCUT2D eigenvalue weighted by atomic mass is 10.1. The van der Waals surface area contributed by atoms with Gasteiger partial charge >= 0.3 is 0 Å². The zero-order valence-corrected chi connectivity index (χ0v) is 23.5. The Kier molecular flexibility index (Phi) is 8.69. The summed E-state index contributed by atoms with van der Waals surface area (Å²) in [6.45, 7) is 0.832. The number of imide groups is 1. The fraction of sp³-hybridized carbons (Fsp3) is 0.154. The number of nitrogens with zero attached hydrogens (tertiary/aromatic N) is 1. The first-order valence-corrected chi connectivity index (χ1v) is 13.8. The van der Waals surface area contributed by atoms with E-state index in [0.29, 0.717) is 23.8 Å². The number of halogens is 3. The number of carbonyl (C=O) groups is 2. The summed E-state index contributed by atoms with van der Waals surface area (Å²) in [5.74, 6) is 0.431. The van der Waals surface area contributed by atoms with E-state index >= 15 is 0 Å². The van der Waals surface area contributed by atoms with Crippen LogP contribution in [-0.4, -0.2) is 22.6 Å². The molecule has 0 aliphatic carbocycles. The van der Waals surface area contributed by atoms with E-state index in [1.165, 1.54) is 10.5 Å². The van der Waals surface area contributed by atoms with Gasteiger partial charge in [0.15, 0.2) is 0 Å². The number of carbonyl (C=O) groups excluding carboxylic acids is 2. The number of aryl methyl sites for hydroxylation is 1. The maximum Gasteiger partial charge on any atom is 0.293 e. The van der Waals surface area contributed by atoms with Gasteiger partial charge in [0.1, 0.15) is 12.4 Å². The Bertz CT molecular complexity index is 1210. The van der Waals surface area contributed by atoms with Crippen molar-refractivity contribution in [3.8, 4) is 5.75 Å². The maximum atomic E-state index is 12.8. The van der Waals surface area contributed by atoms with E-state index in [1.807, 2.05) is 54.6 Å². The third kappa shape index (κ3) is 6.42. The summed E-state index contributed by atoms with van der Waals surface area (Å²) in [5.41, 5.74) is 3.04. The molecular formula is C26H20Br3NO3S. The first-order chi connectivity index (χ1) is 16.4. The minimum absolute atomic E-state index is 0.225. The van der Waals surface area contributed by atoms with Crippen LogP contribution in [0.5, 0.6) is 5.75 Å². The maximum absolute atomic E-state index is 12.8. The average molecular weight is 666 g/mol. The molecule has 1 saturated heterocycles. The van der Waals surface area contributed by atoms with Gasteiger partial charge in [0.05, 0.1) is 13.9 Å². The molecule has 3 aromatic carbocycles. The standard InChI is InChI=1S/C26H20Br3NO3S/c27-20-10-8-18(9-11-20)16-33-24-21(28)13-19(14-22(24)29)15-23-25(31)30(26(32)34-23)12-4-7-17-5-2-1-3-6-17/h1-3,5-6,8-11,13-15H,4,7,12,16H2/b23-15+. The van der Waals surface area contributed by atoms with Gasteiger partial charge in [-0.15, -0.1) is 0 Å². The molecule has 4 rings (SSSR count). The summed E-state index contributed by atoms with van der Waals surface area (Å²) in [7, 11) is 0. The van der Waals surface area contributed by atoms with E-state index < -0.39 is 0 Å². The normalized spacial score (nSPS) is 14.8. The molecule has 0 atom stereocenters. The summed E-state index contributed by atoms with van der Waals surface area (Å²) < 4.78 is 8.52. The van der Waals surface area contributed by atoms with Crippen molar-refractivity contribution in [3.63, 3.8) is 0 Å². The fourth-order valence-electron chi connectivity index (χ4n) is 3.47. The van der Waals surface area contributed by atoms with Crippen molar-refractivity contribution in [3.05, 3.63) is 102 Å². The molecule has 4 nitrogen and oxygen atoms in total. The molecule has 0 bridgehead atoms. The monoisotopic (exact) mass is 663 g/mol. The Morgan fingerprint density at radius 1 is 0.882 bits per heavy atom. The highest BCUT2D eigenvalue weighted by atomic mass is 79.9. The molecule has 0 unspecified atom stereocenters. The number of rotatable bonds is 8. The van der Waals surface area contributed by atoms with Crippen LogP contribution in [0.1, 0.15) is 23.1 Å². The SMILES string of the molecule is O=C1S/C(=C/c2cc(Br)c(OCc3ccc(Br)cc3)c(Br)c2)C(=O)N1CCCc1ccccc1. The summed E-state index contributed by atoms with van der Waals surface area (Å²) in [4.78, 5) is 27.0. The van der Waals surface area contributed by atoms with Crippen LogP contribution in [0.2, 0.25) is 0 Å². The van der Waals surface area contributed by atoms with Gasteiger partial charge < -0.3 is 4.74 Å². The number of hydrogen-bond donors (Lipinski definition) is 0. The average Bonchev–Trinajstić information content (AvgIpc) is 3.07. The van der Waals surface area contributed by atoms with Gasteiger partial charge in [-0.3, -0.25) is 14.5 Å². The molecule has 1 heterocycles. The molecule has 1 aliphatic heterocycles. The van der Waals surface area contributed by atoms with E-state index in [-0.39, 0.29) is 11.1 Å². The van der Waals surface area contributed by atoms with Gasteiger partial charge in [0, 0.05) is 11.0 Å². The molecular weight excluding hydrogens is 646 g/mol. The van der Waals surface area contributed by atoms with E-state index in [2.05, 4.69) is 59.9 Å². The van der Waals surface area contributed by atoms with E-state index in [4.69, 9.17) is 4.74 Å². The Balaban J connectivity index is 1.41. The predicted molar refractivity (Wildman–Crippen MR) is 148 cm³/mol. The first kappa shape index (κ1) is 25.2. The minimum atomic E-state index is -0.245. The minimum Gasteiger partial charge on any atom is -0.487 e. The number of amides is 2.